The lowest BCUT2D eigenvalue weighted by Gasteiger charge is -2.37. The minimum atomic E-state index is -3.38. The summed E-state index contributed by atoms with van der Waals surface area (Å²) in [7, 11) is -3.38. The van der Waals surface area contributed by atoms with Crippen molar-refractivity contribution in [3.05, 3.63) is 24.3 Å². The van der Waals surface area contributed by atoms with Crippen LogP contribution in [0.1, 0.15) is 20.8 Å². The van der Waals surface area contributed by atoms with Crippen molar-refractivity contribution in [3.63, 3.8) is 0 Å². The van der Waals surface area contributed by atoms with E-state index in [2.05, 4.69) is 24.1 Å². The quantitative estimate of drug-likeness (QED) is 0.863. The summed E-state index contributed by atoms with van der Waals surface area (Å²) in [6, 6.07) is 6.23. The number of thioether (sulfide) groups is 1. The maximum absolute atomic E-state index is 12.6. The summed E-state index contributed by atoms with van der Waals surface area (Å²) in [5.74, 6) is 1.42. The summed E-state index contributed by atoms with van der Waals surface area (Å²) in [6.07, 6.45) is 1.15. The van der Waals surface area contributed by atoms with Crippen LogP contribution < -0.4 is 5.32 Å². The van der Waals surface area contributed by atoms with Crippen LogP contribution in [-0.2, 0) is 14.6 Å². The van der Waals surface area contributed by atoms with E-state index in [9.17, 15) is 13.2 Å². The van der Waals surface area contributed by atoms with Gasteiger partial charge in [-0.25, -0.2) is 8.42 Å². The van der Waals surface area contributed by atoms with Gasteiger partial charge in [-0.2, -0.15) is 11.8 Å². The Bertz CT molecular complexity index is 689. The number of benzene rings is 1. The molecule has 0 radical (unpaired) electrons. The first kappa shape index (κ1) is 19.3. The van der Waals surface area contributed by atoms with Crippen molar-refractivity contribution in [1.82, 2.24) is 4.90 Å². The molecule has 24 heavy (non-hydrogen) atoms. The molecule has 1 saturated heterocycles. The van der Waals surface area contributed by atoms with E-state index in [1.807, 2.05) is 18.7 Å². The van der Waals surface area contributed by atoms with E-state index in [0.29, 0.717) is 16.9 Å². The molecule has 2 atom stereocenters. The maximum atomic E-state index is 12.6. The van der Waals surface area contributed by atoms with E-state index in [-0.39, 0.29) is 16.8 Å². The molecule has 0 bridgehead atoms. The lowest BCUT2D eigenvalue weighted by molar-refractivity contribution is -0.120. The number of carbonyl (C=O) groups excluding carboxylic acids is 1. The molecule has 0 saturated carbocycles. The Kier molecular flexibility index (Phi) is 6.33. The van der Waals surface area contributed by atoms with Crippen LogP contribution in [0.25, 0.3) is 0 Å². The molecule has 0 aromatic heterocycles. The van der Waals surface area contributed by atoms with Gasteiger partial charge in [0.2, 0.25) is 5.91 Å². The molecule has 134 valence electrons. The molecule has 1 aromatic carbocycles. The van der Waals surface area contributed by atoms with Crippen molar-refractivity contribution in [1.29, 1.82) is 0 Å². The molecular formula is C17H26N2O3S2. The van der Waals surface area contributed by atoms with Crippen LogP contribution in [0.4, 0.5) is 5.69 Å². The highest BCUT2D eigenvalue weighted by molar-refractivity contribution is 8.00. The van der Waals surface area contributed by atoms with Crippen LogP contribution in [0.5, 0.6) is 0 Å². The first-order valence-electron chi connectivity index (χ1n) is 8.15. The third-order valence-electron chi connectivity index (χ3n) is 4.34. The van der Waals surface area contributed by atoms with Crippen LogP contribution in [0.3, 0.4) is 0 Å². The topological polar surface area (TPSA) is 66.5 Å². The van der Waals surface area contributed by atoms with E-state index in [1.54, 1.807) is 18.2 Å². The second-order valence-electron chi connectivity index (χ2n) is 6.58. The normalized spacial score (nSPS) is 20.8. The Hall–Kier alpha value is -1.05. The van der Waals surface area contributed by atoms with Gasteiger partial charge in [0.25, 0.3) is 0 Å². The molecular weight excluding hydrogens is 344 g/mol. The summed E-state index contributed by atoms with van der Waals surface area (Å²) in [5, 5.41) is 3.32. The molecule has 5 nitrogen and oxygen atoms in total. The van der Waals surface area contributed by atoms with Gasteiger partial charge in [-0.15, -0.1) is 0 Å². The van der Waals surface area contributed by atoms with Gasteiger partial charge in [-0.1, -0.05) is 26.0 Å². The zero-order valence-electron chi connectivity index (χ0n) is 14.7. The second kappa shape index (κ2) is 7.89. The smallest absolute Gasteiger partial charge is 0.241 e. The lowest BCUT2D eigenvalue weighted by Crippen LogP contribution is -2.49. The van der Waals surface area contributed by atoms with Crippen molar-refractivity contribution in [3.8, 4) is 0 Å². The van der Waals surface area contributed by atoms with Gasteiger partial charge in [0.05, 0.1) is 16.6 Å². The number of hydrogen-bond acceptors (Lipinski definition) is 5. The second-order valence-corrected chi connectivity index (χ2v) is 9.91. The van der Waals surface area contributed by atoms with E-state index >= 15 is 0 Å². The first-order valence-corrected chi connectivity index (χ1v) is 11.1. The largest absolute Gasteiger partial charge is 0.324 e. The molecule has 0 spiro atoms. The molecule has 1 heterocycles. The predicted octanol–water partition coefficient (Wildman–Crippen LogP) is 2.49. The minimum absolute atomic E-state index is 0.153. The van der Waals surface area contributed by atoms with Gasteiger partial charge in [0.1, 0.15) is 0 Å². The van der Waals surface area contributed by atoms with Crippen molar-refractivity contribution < 1.29 is 13.2 Å². The number of rotatable bonds is 5. The Morgan fingerprint density at radius 3 is 2.58 bits per heavy atom. The monoisotopic (exact) mass is 370 g/mol. The fourth-order valence-corrected chi connectivity index (χ4v) is 4.92. The Morgan fingerprint density at radius 2 is 1.96 bits per heavy atom. The molecule has 1 aliphatic rings. The van der Waals surface area contributed by atoms with Gasteiger partial charge in [0, 0.05) is 30.3 Å². The number of nitrogens with zero attached hydrogens (tertiary/aromatic N) is 1. The lowest BCUT2D eigenvalue weighted by atomic mass is 10.1. The number of para-hydroxylation sites is 1. The van der Waals surface area contributed by atoms with Crippen LogP contribution in [0, 0.1) is 5.92 Å². The Balaban J connectivity index is 2.10. The zero-order chi connectivity index (χ0) is 17.9. The van der Waals surface area contributed by atoms with Gasteiger partial charge in [-0.05, 0) is 25.0 Å². The van der Waals surface area contributed by atoms with Crippen molar-refractivity contribution in [2.75, 3.05) is 30.4 Å². The molecule has 1 aliphatic heterocycles. The number of amides is 1. The average Bonchev–Trinajstić information content (AvgIpc) is 2.53. The molecule has 1 N–H and O–H groups in total. The fourth-order valence-electron chi connectivity index (χ4n) is 2.75. The highest BCUT2D eigenvalue weighted by Crippen LogP contribution is 2.27. The minimum Gasteiger partial charge on any atom is -0.324 e. The number of anilines is 1. The standard InChI is InChI=1S/C17H26N2O3S2/c1-12(2)15-11-19(9-10-23-15)13(3)17(20)18-14-7-5-6-8-16(14)24(4,21)22/h5-8,12-13,15H,9-11H2,1-4H3,(H,18,20)/t13-,15+/m1/s1. The number of sulfone groups is 1. The summed E-state index contributed by atoms with van der Waals surface area (Å²) in [6.45, 7) is 8.04. The molecule has 0 aliphatic carbocycles. The predicted molar refractivity (Wildman–Crippen MR) is 100 cm³/mol. The molecule has 1 aromatic rings. The number of nitrogens with one attached hydrogen (secondary N) is 1. The SMILES string of the molecule is CC(C)[C@@H]1CN([C@H](C)C(=O)Nc2ccccc2S(C)(=O)=O)CCS1. The zero-order valence-corrected chi connectivity index (χ0v) is 16.3. The van der Waals surface area contributed by atoms with Crippen LogP contribution in [0.15, 0.2) is 29.2 Å². The van der Waals surface area contributed by atoms with Gasteiger partial charge in [0.15, 0.2) is 9.84 Å². The van der Waals surface area contributed by atoms with E-state index in [4.69, 9.17) is 0 Å². The van der Waals surface area contributed by atoms with Crippen molar-refractivity contribution in [2.45, 2.75) is 37.0 Å². The fraction of sp³-hybridized carbons (Fsp3) is 0.588. The molecule has 2 rings (SSSR count). The van der Waals surface area contributed by atoms with E-state index in [0.717, 1.165) is 25.1 Å². The molecule has 7 heteroatoms. The maximum Gasteiger partial charge on any atom is 0.241 e. The number of hydrogen-bond donors (Lipinski definition) is 1. The first-order chi connectivity index (χ1) is 11.2. The molecule has 1 fully saturated rings. The van der Waals surface area contributed by atoms with Crippen molar-refractivity contribution in [2.24, 2.45) is 5.92 Å². The van der Waals surface area contributed by atoms with Gasteiger partial charge >= 0.3 is 0 Å². The third kappa shape index (κ3) is 4.74. The summed E-state index contributed by atoms with van der Waals surface area (Å²) < 4.78 is 23.7. The Morgan fingerprint density at radius 1 is 1.29 bits per heavy atom. The highest BCUT2D eigenvalue weighted by Gasteiger charge is 2.29. The average molecular weight is 371 g/mol. The molecule has 1 amide bonds. The number of carbonyl (C=O) groups is 1. The summed E-state index contributed by atoms with van der Waals surface area (Å²) in [5.41, 5.74) is 0.351. The van der Waals surface area contributed by atoms with Crippen LogP contribution in [0.2, 0.25) is 0 Å². The van der Waals surface area contributed by atoms with E-state index in [1.165, 1.54) is 6.07 Å². The highest BCUT2D eigenvalue weighted by atomic mass is 32.2. The molecule has 0 unspecified atom stereocenters. The van der Waals surface area contributed by atoms with Gasteiger partial charge < -0.3 is 5.32 Å². The summed E-state index contributed by atoms with van der Waals surface area (Å²) >= 11 is 1.96. The van der Waals surface area contributed by atoms with Crippen molar-refractivity contribution >= 4 is 33.2 Å². The van der Waals surface area contributed by atoms with Crippen LogP contribution in [-0.4, -0.2) is 55.6 Å². The summed E-state index contributed by atoms with van der Waals surface area (Å²) in [4.78, 5) is 14.9. The Labute approximate surface area is 149 Å². The van der Waals surface area contributed by atoms with E-state index < -0.39 is 9.84 Å². The van der Waals surface area contributed by atoms with Gasteiger partial charge in [-0.3, -0.25) is 9.69 Å². The third-order valence-corrected chi connectivity index (χ3v) is 7.03. The van der Waals surface area contributed by atoms with Crippen LogP contribution >= 0.6 is 11.8 Å².